The van der Waals surface area contributed by atoms with Gasteiger partial charge in [-0.2, -0.15) is 4.68 Å². The maximum absolute atomic E-state index is 13.1. The molecule has 2 aromatic heterocycles. The highest BCUT2D eigenvalue weighted by molar-refractivity contribution is 7.09. The maximum Gasteiger partial charge on any atom is 0.251 e. The van der Waals surface area contributed by atoms with Gasteiger partial charge in [-0.3, -0.25) is 4.79 Å². The number of amides is 1. The molecule has 0 radical (unpaired) electrons. The van der Waals surface area contributed by atoms with Crippen LogP contribution in [0.1, 0.15) is 46.6 Å². The van der Waals surface area contributed by atoms with Gasteiger partial charge in [0.05, 0.1) is 11.7 Å². The van der Waals surface area contributed by atoms with Crippen molar-refractivity contribution in [1.82, 2.24) is 30.5 Å². The Bertz CT molecular complexity index is 1150. The number of carbonyl (C=O) groups is 1. The monoisotopic (exact) mass is 418 g/mol. The van der Waals surface area contributed by atoms with E-state index in [1.807, 2.05) is 44.4 Å². The van der Waals surface area contributed by atoms with E-state index in [-0.39, 0.29) is 11.9 Å². The first-order valence-corrected chi connectivity index (χ1v) is 10.6. The fraction of sp³-hybridized carbons (Fsp3) is 0.227. The molecule has 0 aliphatic rings. The van der Waals surface area contributed by atoms with E-state index < -0.39 is 0 Å². The van der Waals surface area contributed by atoms with Crippen molar-refractivity contribution in [2.24, 2.45) is 0 Å². The Balaban J connectivity index is 1.75. The first kappa shape index (κ1) is 19.9. The van der Waals surface area contributed by atoms with Crippen LogP contribution in [0, 0.1) is 6.92 Å². The number of benzene rings is 2. The number of nitrogens with zero attached hydrogens (tertiary/aromatic N) is 5. The SMILES string of the molecule is CCc1nnnn1-c1cc(C(=O)NC(C)c2nccs2)cc(-c2ccc(C)cc2)c1. The first-order valence-electron chi connectivity index (χ1n) is 9.75. The number of carbonyl (C=O) groups excluding carboxylic acids is 1. The Labute approximate surface area is 178 Å². The highest BCUT2D eigenvalue weighted by atomic mass is 32.1. The van der Waals surface area contributed by atoms with E-state index >= 15 is 0 Å². The van der Waals surface area contributed by atoms with Crippen molar-refractivity contribution < 1.29 is 4.79 Å². The van der Waals surface area contributed by atoms with E-state index in [0.717, 1.165) is 27.6 Å². The minimum atomic E-state index is -0.178. The predicted octanol–water partition coefficient (Wildman–Crippen LogP) is 4.15. The number of nitrogens with one attached hydrogen (secondary N) is 1. The van der Waals surface area contributed by atoms with Crippen molar-refractivity contribution in [1.29, 1.82) is 0 Å². The minimum Gasteiger partial charge on any atom is -0.343 e. The number of aryl methyl sites for hydroxylation is 2. The summed E-state index contributed by atoms with van der Waals surface area (Å²) in [7, 11) is 0. The van der Waals surface area contributed by atoms with E-state index in [4.69, 9.17) is 0 Å². The van der Waals surface area contributed by atoms with Gasteiger partial charge < -0.3 is 5.32 Å². The molecule has 0 fully saturated rings. The molecule has 0 saturated carbocycles. The Kier molecular flexibility index (Phi) is 5.67. The molecule has 4 aromatic rings. The van der Waals surface area contributed by atoms with Gasteiger partial charge in [0.25, 0.3) is 5.91 Å². The van der Waals surface area contributed by atoms with E-state index in [0.29, 0.717) is 12.0 Å². The largest absolute Gasteiger partial charge is 0.343 e. The molecular weight excluding hydrogens is 396 g/mol. The summed E-state index contributed by atoms with van der Waals surface area (Å²) < 4.78 is 1.68. The Morgan fingerprint density at radius 3 is 2.67 bits per heavy atom. The van der Waals surface area contributed by atoms with Crippen LogP contribution in [-0.4, -0.2) is 31.1 Å². The summed E-state index contributed by atoms with van der Waals surface area (Å²) in [4.78, 5) is 17.4. The molecule has 2 aromatic carbocycles. The average Bonchev–Trinajstić information content (AvgIpc) is 3.46. The molecule has 1 unspecified atom stereocenters. The summed E-state index contributed by atoms with van der Waals surface area (Å²) >= 11 is 1.52. The fourth-order valence-corrected chi connectivity index (χ4v) is 3.84. The summed E-state index contributed by atoms with van der Waals surface area (Å²) in [5, 5.41) is 17.8. The van der Waals surface area contributed by atoms with Gasteiger partial charge in [-0.15, -0.1) is 16.4 Å². The Morgan fingerprint density at radius 1 is 1.17 bits per heavy atom. The zero-order chi connectivity index (χ0) is 21.1. The van der Waals surface area contributed by atoms with Gasteiger partial charge in [0.15, 0.2) is 5.82 Å². The summed E-state index contributed by atoms with van der Waals surface area (Å²) in [6, 6.07) is 13.8. The second-order valence-electron chi connectivity index (χ2n) is 7.06. The Morgan fingerprint density at radius 2 is 1.97 bits per heavy atom. The third-order valence-corrected chi connectivity index (χ3v) is 5.79. The fourth-order valence-electron chi connectivity index (χ4n) is 3.19. The highest BCUT2D eigenvalue weighted by Crippen LogP contribution is 2.26. The zero-order valence-corrected chi connectivity index (χ0v) is 17.8. The molecule has 2 heterocycles. The Hall–Kier alpha value is -3.39. The first-order chi connectivity index (χ1) is 14.5. The average molecular weight is 419 g/mol. The van der Waals surface area contributed by atoms with Crippen LogP contribution in [-0.2, 0) is 6.42 Å². The van der Waals surface area contributed by atoms with Crippen LogP contribution < -0.4 is 5.32 Å². The van der Waals surface area contributed by atoms with Gasteiger partial charge in [-0.25, -0.2) is 4.98 Å². The van der Waals surface area contributed by atoms with Crippen molar-refractivity contribution >= 4 is 17.2 Å². The quantitative estimate of drug-likeness (QED) is 0.508. The third-order valence-electron chi connectivity index (χ3n) is 4.83. The maximum atomic E-state index is 13.1. The second-order valence-corrected chi connectivity index (χ2v) is 7.99. The molecule has 0 saturated heterocycles. The molecule has 0 aliphatic carbocycles. The molecule has 8 heteroatoms. The van der Waals surface area contributed by atoms with Crippen LogP contribution in [0.25, 0.3) is 16.8 Å². The van der Waals surface area contributed by atoms with Crippen molar-refractivity contribution in [3.8, 4) is 16.8 Å². The van der Waals surface area contributed by atoms with E-state index in [1.165, 1.54) is 16.9 Å². The number of thiazole rings is 1. The topological polar surface area (TPSA) is 85.6 Å². The minimum absolute atomic E-state index is 0.168. The van der Waals surface area contributed by atoms with Crippen molar-refractivity contribution in [3.63, 3.8) is 0 Å². The molecule has 152 valence electrons. The molecule has 7 nitrogen and oxygen atoms in total. The van der Waals surface area contributed by atoms with Gasteiger partial charge in [0, 0.05) is 23.6 Å². The number of tetrazole rings is 1. The van der Waals surface area contributed by atoms with Crippen molar-refractivity contribution in [2.45, 2.75) is 33.2 Å². The summed E-state index contributed by atoms with van der Waals surface area (Å²) in [5.41, 5.74) is 4.43. The molecule has 0 aliphatic heterocycles. The van der Waals surface area contributed by atoms with E-state index in [2.05, 4.69) is 50.1 Å². The molecule has 30 heavy (non-hydrogen) atoms. The highest BCUT2D eigenvalue weighted by Gasteiger charge is 2.17. The van der Waals surface area contributed by atoms with Crippen LogP contribution in [0.2, 0.25) is 0 Å². The molecule has 0 bridgehead atoms. The lowest BCUT2D eigenvalue weighted by Gasteiger charge is -2.14. The molecular formula is C22H22N6OS. The summed E-state index contributed by atoms with van der Waals surface area (Å²) in [6.07, 6.45) is 2.42. The van der Waals surface area contributed by atoms with Crippen LogP contribution in [0.3, 0.4) is 0 Å². The van der Waals surface area contributed by atoms with Crippen LogP contribution >= 0.6 is 11.3 Å². The smallest absolute Gasteiger partial charge is 0.251 e. The summed E-state index contributed by atoms with van der Waals surface area (Å²) in [5.74, 6) is 0.567. The lowest BCUT2D eigenvalue weighted by atomic mass is 10.0. The van der Waals surface area contributed by atoms with Crippen molar-refractivity contribution in [3.05, 3.63) is 76.0 Å². The standard InChI is InChI=1S/C22H22N6OS/c1-4-20-25-26-27-28(20)19-12-17(16-7-5-14(2)6-8-16)11-18(13-19)21(29)24-15(3)22-23-9-10-30-22/h5-13,15H,4H2,1-3H3,(H,24,29). The number of hydrogen-bond donors (Lipinski definition) is 1. The van der Waals surface area contributed by atoms with Gasteiger partial charge in [-0.05, 0) is 53.6 Å². The van der Waals surface area contributed by atoms with Gasteiger partial charge in [0.1, 0.15) is 5.01 Å². The number of hydrogen-bond acceptors (Lipinski definition) is 6. The number of rotatable bonds is 6. The number of aromatic nitrogens is 5. The van der Waals surface area contributed by atoms with Crippen LogP contribution in [0.5, 0.6) is 0 Å². The van der Waals surface area contributed by atoms with Crippen LogP contribution in [0.4, 0.5) is 0 Å². The summed E-state index contributed by atoms with van der Waals surface area (Å²) in [6.45, 7) is 5.97. The van der Waals surface area contributed by atoms with Crippen LogP contribution in [0.15, 0.2) is 54.0 Å². The molecule has 1 atom stereocenters. The van der Waals surface area contributed by atoms with Crippen molar-refractivity contribution in [2.75, 3.05) is 0 Å². The molecule has 0 spiro atoms. The van der Waals surface area contributed by atoms with Gasteiger partial charge in [-0.1, -0.05) is 36.8 Å². The lowest BCUT2D eigenvalue weighted by molar-refractivity contribution is 0.0940. The third kappa shape index (κ3) is 4.13. The molecule has 4 rings (SSSR count). The normalized spacial score (nSPS) is 12.0. The predicted molar refractivity (Wildman–Crippen MR) is 117 cm³/mol. The van der Waals surface area contributed by atoms with Gasteiger partial charge in [0.2, 0.25) is 0 Å². The lowest BCUT2D eigenvalue weighted by Crippen LogP contribution is -2.26. The van der Waals surface area contributed by atoms with E-state index in [1.54, 1.807) is 10.9 Å². The molecule has 1 N–H and O–H groups in total. The second kappa shape index (κ2) is 8.54. The zero-order valence-electron chi connectivity index (χ0n) is 17.0. The van der Waals surface area contributed by atoms with Gasteiger partial charge >= 0.3 is 0 Å². The molecule has 1 amide bonds. The van der Waals surface area contributed by atoms with E-state index in [9.17, 15) is 4.79 Å².